The van der Waals surface area contributed by atoms with Gasteiger partial charge in [-0.3, -0.25) is 0 Å². The summed E-state index contributed by atoms with van der Waals surface area (Å²) in [6.45, 7) is 3.84. The molecule has 0 bridgehead atoms. The zero-order valence-electron chi connectivity index (χ0n) is 11.8. The first kappa shape index (κ1) is 15.2. The molecule has 20 heavy (non-hydrogen) atoms. The zero-order chi connectivity index (χ0) is 14.8. The second-order valence-corrected chi connectivity index (χ2v) is 6.87. The molecule has 1 aliphatic rings. The molecule has 1 atom stereocenters. The SMILES string of the molecule is CCC1CN(S(=O)(=O)c2ccc(NN)nc2)CCN1C. The Morgan fingerprint density at radius 2 is 2.20 bits per heavy atom. The van der Waals surface area contributed by atoms with Gasteiger partial charge in [-0.25, -0.2) is 19.2 Å². The first-order valence-electron chi connectivity index (χ1n) is 6.62. The molecule has 2 rings (SSSR count). The van der Waals surface area contributed by atoms with E-state index >= 15 is 0 Å². The van der Waals surface area contributed by atoms with Crippen molar-refractivity contribution in [1.29, 1.82) is 0 Å². The Morgan fingerprint density at radius 3 is 2.75 bits per heavy atom. The highest BCUT2D eigenvalue weighted by Gasteiger charge is 2.32. The van der Waals surface area contributed by atoms with Crippen LogP contribution in [0.1, 0.15) is 13.3 Å². The van der Waals surface area contributed by atoms with Crippen molar-refractivity contribution in [1.82, 2.24) is 14.2 Å². The maximum Gasteiger partial charge on any atom is 0.244 e. The van der Waals surface area contributed by atoms with Gasteiger partial charge in [0.25, 0.3) is 0 Å². The van der Waals surface area contributed by atoms with Crippen molar-refractivity contribution in [3.63, 3.8) is 0 Å². The number of hydrogen-bond acceptors (Lipinski definition) is 6. The van der Waals surface area contributed by atoms with E-state index in [0.29, 0.717) is 18.9 Å². The van der Waals surface area contributed by atoms with Gasteiger partial charge in [0.05, 0.1) is 0 Å². The first-order valence-corrected chi connectivity index (χ1v) is 8.06. The fourth-order valence-electron chi connectivity index (χ4n) is 2.34. The summed E-state index contributed by atoms with van der Waals surface area (Å²) in [7, 11) is -1.45. The normalized spacial score (nSPS) is 21.9. The second-order valence-electron chi connectivity index (χ2n) is 4.93. The van der Waals surface area contributed by atoms with Gasteiger partial charge >= 0.3 is 0 Å². The lowest BCUT2D eigenvalue weighted by atomic mass is 10.1. The van der Waals surface area contributed by atoms with Crippen molar-refractivity contribution in [3.8, 4) is 0 Å². The number of piperazine rings is 1. The van der Waals surface area contributed by atoms with Gasteiger partial charge in [-0.1, -0.05) is 6.92 Å². The molecule has 0 amide bonds. The van der Waals surface area contributed by atoms with Crippen LogP contribution in [0.5, 0.6) is 0 Å². The van der Waals surface area contributed by atoms with Crippen LogP contribution in [0.15, 0.2) is 23.2 Å². The summed E-state index contributed by atoms with van der Waals surface area (Å²) in [5.74, 6) is 5.66. The van der Waals surface area contributed by atoms with Crippen LogP contribution in [0.2, 0.25) is 0 Å². The summed E-state index contributed by atoms with van der Waals surface area (Å²) in [4.78, 5) is 6.36. The summed E-state index contributed by atoms with van der Waals surface area (Å²) in [6.07, 6.45) is 2.26. The topological polar surface area (TPSA) is 91.6 Å². The van der Waals surface area contributed by atoms with Crippen molar-refractivity contribution in [2.24, 2.45) is 5.84 Å². The van der Waals surface area contributed by atoms with E-state index in [2.05, 4.69) is 22.2 Å². The lowest BCUT2D eigenvalue weighted by Gasteiger charge is -2.38. The third-order valence-electron chi connectivity index (χ3n) is 3.73. The van der Waals surface area contributed by atoms with Gasteiger partial charge in [0.15, 0.2) is 0 Å². The van der Waals surface area contributed by atoms with Crippen molar-refractivity contribution >= 4 is 15.8 Å². The highest BCUT2D eigenvalue weighted by molar-refractivity contribution is 7.89. The molecule has 1 aromatic rings. The van der Waals surface area contributed by atoms with E-state index in [-0.39, 0.29) is 10.9 Å². The Balaban J connectivity index is 2.21. The molecule has 1 aliphatic heterocycles. The highest BCUT2D eigenvalue weighted by atomic mass is 32.2. The molecule has 8 heteroatoms. The number of likely N-dealkylation sites (N-methyl/N-ethyl adjacent to an activating group) is 1. The Kier molecular flexibility index (Phi) is 4.59. The molecule has 0 aliphatic carbocycles. The predicted molar refractivity (Wildman–Crippen MR) is 77.5 cm³/mol. The second kappa shape index (κ2) is 6.04. The number of anilines is 1. The maximum atomic E-state index is 12.6. The molecule has 0 spiro atoms. The number of pyridine rings is 1. The fraction of sp³-hybridized carbons (Fsp3) is 0.583. The number of rotatable bonds is 4. The fourth-order valence-corrected chi connectivity index (χ4v) is 3.76. The van der Waals surface area contributed by atoms with Crippen LogP contribution < -0.4 is 11.3 Å². The summed E-state index contributed by atoms with van der Waals surface area (Å²) >= 11 is 0. The van der Waals surface area contributed by atoms with E-state index in [1.807, 2.05) is 7.05 Å². The molecule has 0 saturated carbocycles. The number of aromatic nitrogens is 1. The van der Waals surface area contributed by atoms with E-state index < -0.39 is 10.0 Å². The maximum absolute atomic E-state index is 12.6. The van der Waals surface area contributed by atoms with Gasteiger partial charge in [-0.2, -0.15) is 4.31 Å². The van der Waals surface area contributed by atoms with Gasteiger partial charge in [-0.15, -0.1) is 0 Å². The zero-order valence-corrected chi connectivity index (χ0v) is 12.6. The minimum atomic E-state index is -3.48. The van der Waals surface area contributed by atoms with Crippen LogP contribution in [0.3, 0.4) is 0 Å². The minimum Gasteiger partial charge on any atom is -0.308 e. The third-order valence-corrected chi connectivity index (χ3v) is 5.58. The number of nitrogens with zero attached hydrogens (tertiary/aromatic N) is 3. The van der Waals surface area contributed by atoms with Gasteiger partial charge in [0.1, 0.15) is 10.7 Å². The molecule has 0 aromatic carbocycles. The summed E-state index contributed by atoms with van der Waals surface area (Å²) in [5, 5.41) is 0. The number of nitrogen functional groups attached to an aromatic ring is 1. The van der Waals surface area contributed by atoms with Gasteiger partial charge < -0.3 is 10.3 Å². The number of sulfonamides is 1. The predicted octanol–water partition coefficient (Wildman–Crippen LogP) is 0.0819. The smallest absolute Gasteiger partial charge is 0.244 e. The van der Waals surface area contributed by atoms with Crippen LogP contribution in [0.25, 0.3) is 0 Å². The van der Waals surface area contributed by atoms with Crippen LogP contribution in [-0.2, 0) is 10.0 Å². The number of hydrogen-bond donors (Lipinski definition) is 2. The molecule has 1 aromatic heterocycles. The molecule has 3 N–H and O–H groups in total. The molecular formula is C12H21N5O2S. The quantitative estimate of drug-likeness (QED) is 0.604. The number of nitrogens with two attached hydrogens (primary N) is 1. The van der Waals surface area contributed by atoms with Gasteiger partial charge in [-0.05, 0) is 25.6 Å². The monoisotopic (exact) mass is 299 g/mol. The van der Waals surface area contributed by atoms with Crippen molar-refractivity contribution in [3.05, 3.63) is 18.3 Å². The Morgan fingerprint density at radius 1 is 1.45 bits per heavy atom. The molecule has 112 valence electrons. The summed E-state index contributed by atoms with van der Waals surface area (Å²) in [6, 6.07) is 3.34. The lowest BCUT2D eigenvalue weighted by molar-refractivity contribution is 0.144. The molecular weight excluding hydrogens is 278 g/mol. The standard InChI is InChI=1S/C12H21N5O2S/c1-3-10-9-17(7-6-16(10)2)20(18,19)11-4-5-12(15-13)14-8-11/h4-5,8,10H,3,6-7,9,13H2,1-2H3,(H,14,15). The summed E-state index contributed by atoms with van der Waals surface area (Å²) in [5.41, 5.74) is 2.38. The molecule has 7 nitrogen and oxygen atoms in total. The van der Waals surface area contributed by atoms with E-state index in [4.69, 9.17) is 5.84 Å². The largest absolute Gasteiger partial charge is 0.308 e. The molecule has 2 heterocycles. The van der Waals surface area contributed by atoms with E-state index in [1.165, 1.54) is 16.6 Å². The lowest BCUT2D eigenvalue weighted by Crippen LogP contribution is -2.52. The number of hydrazine groups is 1. The molecule has 1 fully saturated rings. The molecule has 1 unspecified atom stereocenters. The molecule has 0 radical (unpaired) electrons. The highest BCUT2D eigenvalue weighted by Crippen LogP contribution is 2.20. The average molecular weight is 299 g/mol. The Bertz CT molecular complexity index is 545. The van der Waals surface area contributed by atoms with Crippen molar-refractivity contribution in [2.75, 3.05) is 32.1 Å². The first-order chi connectivity index (χ1) is 9.48. The van der Waals surface area contributed by atoms with E-state index in [1.54, 1.807) is 6.07 Å². The third kappa shape index (κ3) is 2.93. The van der Waals surface area contributed by atoms with E-state index in [0.717, 1.165) is 13.0 Å². The Labute approximate surface area is 119 Å². The Hall–Kier alpha value is -1.22. The van der Waals surface area contributed by atoms with E-state index in [9.17, 15) is 8.42 Å². The minimum absolute atomic E-state index is 0.205. The van der Waals surface area contributed by atoms with Crippen LogP contribution in [0.4, 0.5) is 5.82 Å². The van der Waals surface area contributed by atoms with Crippen molar-refractivity contribution < 1.29 is 8.42 Å². The molecule has 1 saturated heterocycles. The van der Waals surface area contributed by atoms with Crippen LogP contribution in [0, 0.1) is 0 Å². The van der Waals surface area contributed by atoms with Crippen LogP contribution >= 0.6 is 0 Å². The van der Waals surface area contributed by atoms with Crippen molar-refractivity contribution in [2.45, 2.75) is 24.3 Å². The van der Waals surface area contributed by atoms with Gasteiger partial charge in [0.2, 0.25) is 10.0 Å². The summed E-state index contributed by atoms with van der Waals surface area (Å²) < 4.78 is 26.7. The number of nitrogens with one attached hydrogen (secondary N) is 1. The van der Waals surface area contributed by atoms with Gasteiger partial charge in [0, 0.05) is 31.9 Å². The van der Waals surface area contributed by atoms with Crippen LogP contribution in [-0.4, -0.2) is 55.3 Å². The average Bonchev–Trinajstić information content (AvgIpc) is 2.47.